The van der Waals surface area contributed by atoms with E-state index in [-0.39, 0.29) is 0 Å². The van der Waals surface area contributed by atoms with Crippen molar-refractivity contribution in [2.24, 2.45) is 7.05 Å². The number of nitrogens with zero attached hydrogens (tertiary/aromatic N) is 2. The highest BCUT2D eigenvalue weighted by Crippen LogP contribution is 2.34. The van der Waals surface area contributed by atoms with Crippen LogP contribution in [0.2, 0.25) is 0 Å². The molecule has 0 aliphatic rings. The molecule has 0 bridgehead atoms. The molecule has 7 rings (SSSR count). The zero-order chi connectivity index (χ0) is 23.4. The summed E-state index contributed by atoms with van der Waals surface area (Å²) in [5.41, 5.74) is 8.52. The van der Waals surface area contributed by atoms with E-state index in [2.05, 4.69) is 137 Å². The number of rotatable bonds is 4. The molecule has 0 saturated carbocycles. The third kappa shape index (κ3) is 3.20. The van der Waals surface area contributed by atoms with E-state index >= 15 is 0 Å². The molecule has 3 nitrogen and oxygen atoms in total. The van der Waals surface area contributed by atoms with Gasteiger partial charge in [0.15, 0.2) is 0 Å². The molecule has 0 atom stereocenters. The van der Waals surface area contributed by atoms with Crippen LogP contribution in [0.1, 0.15) is 5.56 Å². The Balaban J connectivity index is 1.32. The van der Waals surface area contributed by atoms with Crippen LogP contribution in [0.5, 0.6) is 0 Å². The molecule has 0 aliphatic carbocycles. The summed E-state index contributed by atoms with van der Waals surface area (Å²) < 4.78 is 4.69. The quantitative estimate of drug-likeness (QED) is 0.286. The normalized spacial score (nSPS) is 11.7. The topological polar surface area (TPSA) is 21.9 Å². The first-order chi connectivity index (χ1) is 17.3. The molecule has 0 spiro atoms. The standard InChI is InChI=1S/C32H25N3/c1-34-29-13-7-5-11-25(29)27-19-23(15-17-30(27)34)33-24-16-18-32-28(20-24)26-12-6-8-14-31(26)35(32)21-22-9-3-2-4-10-22/h2-20,33H,21H2,1H3. The van der Waals surface area contributed by atoms with E-state index in [9.17, 15) is 0 Å². The minimum atomic E-state index is 0.857. The lowest BCUT2D eigenvalue weighted by molar-refractivity contribution is 0.869. The van der Waals surface area contributed by atoms with E-state index in [1.807, 2.05) is 0 Å². The lowest BCUT2D eigenvalue weighted by atomic mass is 10.1. The summed E-state index contributed by atoms with van der Waals surface area (Å²) in [5.74, 6) is 0. The largest absolute Gasteiger partial charge is 0.355 e. The summed E-state index contributed by atoms with van der Waals surface area (Å²) in [6.07, 6.45) is 0. The molecular formula is C32H25N3. The van der Waals surface area contributed by atoms with Gasteiger partial charge in [0.25, 0.3) is 0 Å². The predicted octanol–water partition coefficient (Wildman–Crippen LogP) is 8.23. The van der Waals surface area contributed by atoms with Crippen LogP contribution in [-0.4, -0.2) is 9.13 Å². The summed E-state index contributed by atoms with van der Waals surface area (Å²) in [5, 5.41) is 8.78. The van der Waals surface area contributed by atoms with Gasteiger partial charge < -0.3 is 14.5 Å². The van der Waals surface area contributed by atoms with E-state index in [1.165, 1.54) is 49.2 Å². The number of nitrogens with one attached hydrogen (secondary N) is 1. The number of benzene rings is 5. The summed E-state index contributed by atoms with van der Waals surface area (Å²) in [4.78, 5) is 0. The van der Waals surface area contributed by atoms with Gasteiger partial charge in [0.2, 0.25) is 0 Å². The number of hydrogen-bond acceptors (Lipinski definition) is 1. The molecule has 2 aromatic heterocycles. The molecule has 0 saturated heterocycles. The van der Waals surface area contributed by atoms with E-state index in [0.29, 0.717) is 0 Å². The Hall–Kier alpha value is -4.50. The lowest BCUT2D eigenvalue weighted by Crippen LogP contribution is -1.99. The van der Waals surface area contributed by atoms with Gasteiger partial charge in [-0.15, -0.1) is 0 Å². The molecule has 0 radical (unpaired) electrons. The van der Waals surface area contributed by atoms with Crippen LogP contribution in [0.3, 0.4) is 0 Å². The van der Waals surface area contributed by atoms with Gasteiger partial charge >= 0.3 is 0 Å². The number of aromatic nitrogens is 2. The van der Waals surface area contributed by atoms with Crippen molar-refractivity contribution in [1.29, 1.82) is 0 Å². The number of hydrogen-bond donors (Lipinski definition) is 1. The Kier molecular flexibility index (Phi) is 4.43. The predicted molar refractivity (Wildman–Crippen MR) is 149 cm³/mol. The monoisotopic (exact) mass is 451 g/mol. The summed E-state index contributed by atoms with van der Waals surface area (Å²) in [6, 6.07) is 41.3. The van der Waals surface area contributed by atoms with Gasteiger partial charge in [-0.05, 0) is 54.1 Å². The highest BCUT2D eigenvalue weighted by atomic mass is 15.0. The zero-order valence-electron chi connectivity index (χ0n) is 19.6. The molecule has 35 heavy (non-hydrogen) atoms. The average Bonchev–Trinajstić information content (AvgIpc) is 3.37. The van der Waals surface area contributed by atoms with Gasteiger partial charge in [0.05, 0.1) is 0 Å². The summed E-state index contributed by atoms with van der Waals surface area (Å²) in [7, 11) is 2.14. The van der Waals surface area contributed by atoms with Crippen molar-refractivity contribution in [3.63, 3.8) is 0 Å². The van der Waals surface area contributed by atoms with Crippen LogP contribution >= 0.6 is 0 Å². The maximum absolute atomic E-state index is 3.67. The minimum absolute atomic E-state index is 0.857. The van der Waals surface area contributed by atoms with Gasteiger partial charge in [0.1, 0.15) is 0 Å². The van der Waals surface area contributed by atoms with Gasteiger partial charge in [-0.25, -0.2) is 0 Å². The summed E-state index contributed by atoms with van der Waals surface area (Å²) >= 11 is 0. The third-order valence-electron chi connectivity index (χ3n) is 7.16. The minimum Gasteiger partial charge on any atom is -0.355 e. The summed E-state index contributed by atoms with van der Waals surface area (Å²) in [6.45, 7) is 0.857. The van der Waals surface area contributed by atoms with E-state index in [4.69, 9.17) is 0 Å². The maximum atomic E-state index is 3.67. The van der Waals surface area contributed by atoms with Crippen molar-refractivity contribution in [1.82, 2.24) is 9.13 Å². The SMILES string of the molecule is Cn1c2ccccc2c2cc(Nc3ccc4c(c3)c3ccccc3n4Cc3ccccc3)ccc21. The van der Waals surface area contributed by atoms with Crippen molar-refractivity contribution in [3.05, 3.63) is 121 Å². The first-order valence-electron chi connectivity index (χ1n) is 12.1. The van der Waals surface area contributed by atoms with E-state index < -0.39 is 0 Å². The van der Waals surface area contributed by atoms with Gasteiger partial charge in [-0.3, -0.25) is 0 Å². The van der Waals surface area contributed by atoms with Crippen molar-refractivity contribution < 1.29 is 0 Å². The Morgan fingerprint density at radius 3 is 1.77 bits per heavy atom. The Morgan fingerprint density at radius 1 is 0.514 bits per heavy atom. The number of aryl methyl sites for hydroxylation is 1. The van der Waals surface area contributed by atoms with Crippen molar-refractivity contribution >= 4 is 55.0 Å². The Bertz CT molecular complexity index is 1860. The average molecular weight is 452 g/mol. The molecule has 0 fully saturated rings. The third-order valence-corrected chi connectivity index (χ3v) is 7.16. The fraction of sp³-hybridized carbons (Fsp3) is 0.0625. The van der Waals surface area contributed by atoms with Crippen molar-refractivity contribution in [2.45, 2.75) is 6.54 Å². The smallest absolute Gasteiger partial charge is 0.0496 e. The van der Waals surface area contributed by atoms with Crippen LogP contribution in [0.15, 0.2) is 115 Å². The Morgan fingerprint density at radius 2 is 1.03 bits per heavy atom. The highest BCUT2D eigenvalue weighted by Gasteiger charge is 2.12. The highest BCUT2D eigenvalue weighted by molar-refractivity contribution is 6.10. The molecular weight excluding hydrogens is 426 g/mol. The van der Waals surface area contributed by atoms with Crippen LogP contribution in [0, 0.1) is 0 Å². The molecule has 7 aromatic rings. The van der Waals surface area contributed by atoms with E-state index in [0.717, 1.165) is 17.9 Å². The second-order valence-electron chi connectivity index (χ2n) is 9.25. The first kappa shape index (κ1) is 19.9. The number of para-hydroxylation sites is 2. The van der Waals surface area contributed by atoms with Crippen LogP contribution in [-0.2, 0) is 13.6 Å². The Labute approximate surface area is 203 Å². The fourth-order valence-corrected chi connectivity index (χ4v) is 5.48. The van der Waals surface area contributed by atoms with Crippen LogP contribution in [0.4, 0.5) is 11.4 Å². The molecule has 1 N–H and O–H groups in total. The maximum Gasteiger partial charge on any atom is 0.0496 e. The lowest BCUT2D eigenvalue weighted by Gasteiger charge is -2.10. The first-order valence-corrected chi connectivity index (χ1v) is 12.1. The molecule has 5 aromatic carbocycles. The number of fused-ring (bicyclic) bond motifs is 6. The van der Waals surface area contributed by atoms with Gasteiger partial charge in [-0.2, -0.15) is 0 Å². The van der Waals surface area contributed by atoms with Crippen LogP contribution in [0.25, 0.3) is 43.6 Å². The van der Waals surface area contributed by atoms with E-state index in [1.54, 1.807) is 0 Å². The van der Waals surface area contributed by atoms with Crippen LogP contribution < -0.4 is 5.32 Å². The second-order valence-corrected chi connectivity index (χ2v) is 9.25. The van der Waals surface area contributed by atoms with Gasteiger partial charge in [-0.1, -0.05) is 66.7 Å². The molecule has 2 heterocycles. The van der Waals surface area contributed by atoms with Crippen molar-refractivity contribution in [3.8, 4) is 0 Å². The molecule has 0 amide bonds. The zero-order valence-corrected chi connectivity index (χ0v) is 19.6. The molecule has 168 valence electrons. The molecule has 0 aliphatic heterocycles. The molecule has 0 unspecified atom stereocenters. The molecule has 3 heteroatoms. The fourth-order valence-electron chi connectivity index (χ4n) is 5.48. The van der Waals surface area contributed by atoms with Gasteiger partial charge in [0, 0.05) is 68.6 Å². The van der Waals surface area contributed by atoms with Crippen molar-refractivity contribution in [2.75, 3.05) is 5.32 Å². The number of anilines is 2. The second kappa shape index (κ2) is 7.78.